The molecule has 12 heavy (non-hydrogen) atoms. The monoisotopic (exact) mass is 166 g/mol. The van der Waals surface area contributed by atoms with Gasteiger partial charge in [0.15, 0.2) is 5.82 Å². The molecule has 1 aliphatic heterocycles. The summed E-state index contributed by atoms with van der Waals surface area (Å²) in [4.78, 5) is 8.21. The Balaban J connectivity index is 0.000000336. The maximum absolute atomic E-state index is 5.01. The molecule has 1 atom stereocenters. The van der Waals surface area contributed by atoms with Crippen molar-refractivity contribution in [2.24, 2.45) is 0 Å². The van der Waals surface area contributed by atoms with Crippen molar-refractivity contribution >= 4 is 0 Å². The molecule has 1 saturated heterocycles. The highest BCUT2D eigenvalue weighted by molar-refractivity contribution is 5.05. The van der Waals surface area contributed by atoms with Gasteiger partial charge in [-0.3, -0.25) is 0 Å². The third-order valence-electron chi connectivity index (χ3n) is 1.42. The summed E-state index contributed by atoms with van der Waals surface area (Å²) in [5, 5.41) is 0. The number of aryl methyl sites for hydroxylation is 1. The second-order valence-corrected chi connectivity index (χ2v) is 2.44. The topological polar surface area (TPSA) is 38.3 Å². The van der Waals surface area contributed by atoms with Crippen LogP contribution >= 0.6 is 0 Å². The third-order valence-corrected chi connectivity index (χ3v) is 1.42. The van der Waals surface area contributed by atoms with Crippen molar-refractivity contribution in [1.29, 1.82) is 0 Å². The van der Waals surface area contributed by atoms with Crippen LogP contribution in [0.2, 0.25) is 0 Å². The lowest BCUT2D eigenvalue weighted by atomic mass is 10.4. The van der Waals surface area contributed by atoms with Crippen LogP contribution in [0.1, 0.15) is 31.3 Å². The lowest BCUT2D eigenvalue weighted by molar-refractivity contribution is 0.406. The Morgan fingerprint density at radius 3 is 2.25 bits per heavy atom. The quantitative estimate of drug-likeness (QED) is 0.598. The van der Waals surface area contributed by atoms with Gasteiger partial charge in [0.1, 0.15) is 6.10 Å². The largest absolute Gasteiger partial charge is 0.365 e. The summed E-state index contributed by atoms with van der Waals surface area (Å²) < 4.78 is 5.01. The molecule has 66 valence electrons. The van der Waals surface area contributed by atoms with E-state index in [1.54, 1.807) is 0 Å². The van der Waals surface area contributed by atoms with E-state index in [0.717, 1.165) is 18.0 Å². The van der Waals surface area contributed by atoms with Gasteiger partial charge in [-0.2, -0.15) is 0 Å². The van der Waals surface area contributed by atoms with Crippen molar-refractivity contribution in [1.82, 2.24) is 9.97 Å². The van der Waals surface area contributed by atoms with E-state index in [2.05, 4.69) is 9.97 Å². The van der Waals surface area contributed by atoms with Crippen LogP contribution in [0.25, 0.3) is 0 Å². The maximum Gasteiger partial charge on any atom is 0.159 e. The Morgan fingerprint density at radius 2 is 1.83 bits per heavy atom. The highest BCUT2D eigenvalue weighted by Crippen LogP contribution is 2.25. The number of ether oxygens (including phenoxy) is 1. The van der Waals surface area contributed by atoms with Crippen LogP contribution < -0.4 is 0 Å². The minimum Gasteiger partial charge on any atom is -0.365 e. The normalized spacial score (nSPS) is 19.4. The predicted octanol–water partition coefficient (Wildman–Crippen LogP) is 1.88. The van der Waals surface area contributed by atoms with E-state index < -0.39 is 0 Å². The van der Waals surface area contributed by atoms with Gasteiger partial charge in [-0.25, -0.2) is 9.97 Å². The molecule has 2 rings (SSSR count). The number of hydrogen-bond acceptors (Lipinski definition) is 3. The average Bonchev–Trinajstić information content (AvgIpc) is 2.93. The van der Waals surface area contributed by atoms with Crippen LogP contribution in [-0.4, -0.2) is 16.6 Å². The van der Waals surface area contributed by atoms with Crippen LogP contribution in [0.4, 0.5) is 0 Å². The van der Waals surface area contributed by atoms with Crippen molar-refractivity contribution < 1.29 is 4.74 Å². The molecule has 3 nitrogen and oxygen atoms in total. The van der Waals surface area contributed by atoms with Crippen LogP contribution in [-0.2, 0) is 4.74 Å². The molecular weight excluding hydrogens is 152 g/mol. The summed E-state index contributed by atoms with van der Waals surface area (Å²) in [6.07, 6.45) is 3.80. The van der Waals surface area contributed by atoms with E-state index in [0.29, 0.717) is 0 Å². The molecule has 0 aliphatic carbocycles. The van der Waals surface area contributed by atoms with Crippen molar-refractivity contribution in [2.75, 3.05) is 6.61 Å². The second kappa shape index (κ2) is 4.16. The van der Waals surface area contributed by atoms with Crippen molar-refractivity contribution in [3.63, 3.8) is 0 Å². The number of aromatic nitrogens is 2. The van der Waals surface area contributed by atoms with Gasteiger partial charge >= 0.3 is 0 Å². The van der Waals surface area contributed by atoms with Crippen LogP contribution in [0.15, 0.2) is 12.4 Å². The minimum absolute atomic E-state index is 0.181. The Morgan fingerprint density at radius 1 is 1.33 bits per heavy atom. The third kappa shape index (κ3) is 2.27. The van der Waals surface area contributed by atoms with E-state index in [1.165, 1.54) is 0 Å². The Kier molecular flexibility index (Phi) is 3.17. The first kappa shape index (κ1) is 9.13. The Hall–Kier alpha value is -0.960. The molecule has 0 spiro atoms. The van der Waals surface area contributed by atoms with Crippen LogP contribution in [0.3, 0.4) is 0 Å². The molecule has 0 bridgehead atoms. The zero-order valence-corrected chi connectivity index (χ0v) is 7.74. The standard InChI is InChI=1S/C7H8N2O.C2H6/c1-5-2-8-7(9-3-5)6-4-10-6;1-2/h2-3,6H,4H2,1H3;1-2H3/t6-;/m0./s1. The van der Waals surface area contributed by atoms with E-state index in [1.807, 2.05) is 33.2 Å². The van der Waals surface area contributed by atoms with E-state index >= 15 is 0 Å². The molecular formula is C9H14N2O. The molecule has 0 unspecified atom stereocenters. The van der Waals surface area contributed by atoms with Crippen molar-refractivity contribution in [3.05, 3.63) is 23.8 Å². The molecule has 1 aromatic heterocycles. The van der Waals surface area contributed by atoms with Gasteiger partial charge in [-0.1, -0.05) is 13.8 Å². The van der Waals surface area contributed by atoms with E-state index in [-0.39, 0.29) is 6.10 Å². The van der Waals surface area contributed by atoms with Gasteiger partial charge in [0.2, 0.25) is 0 Å². The Bertz CT molecular complexity index is 229. The smallest absolute Gasteiger partial charge is 0.159 e. The van der Waals surface area contributed by atoms with E-state index in [9.17, 15) is 0 Å². The molecule has 1 aromatic rings. The maximum atomic E-state index is 5.01. The van der Waals surface area contributed by atoms with Gasteiger partial charge < -0.3 is 4.74 Å². The highest BCUT2D eigenvalue weighted by Gasteiger charge is 2.27. The molecule has 0 radical (unpaired) electrons. The minimum atomic E-state index is 0.181. The summed E-state index contributed by atoms with van der Waals surface area (Å²) in [5.74, 6) is 0.811. The molecule has 0 saturated carbocycles. The van der Waals surface area contributed by atoms with Crippen LogP contribution in [0.5, 0.6) is 0 Å². The first-order chi connectivity index (χ1) is 5.86. The summed E-state index contributed by atoms with van der Waals surface area (Å²) in [7, 11) is 0. The van der Waals surface area contributed by atoms with Gasteiger partial charge in [0.25, 0.3) is 0 Å². The molecule has 1 aliphatic rings. The average molecular weight is 166 g/mol. The fraction of sp³-hybridized carbons (Fsp3) is 0.556. The molecule has 0 aromatic carbocycles. The zero-order chi connectivity index (χ0) is 8.97. The lowest BCUT2D eigenvalue weighted by Crippen LogP contribution is -1.91. The number of rotatable bonds is 1. The summed E-state index contributed by atoms with van der Waals surface area (Å²) in [6.45, 7) is 6.75. The van der Waals surface area contributed by atoms with Crippen molar-refractivity contribution in [3.8, 4) is 0 Å². The highest BCUT2D eigenvalue weighted by atomic mass is 16.6. The van der Waals surface area contributed by atoms with E-state index in [4.69, 9.17) is 4.74 Å². The Labute approximate surface area is 72.8 Å². The number of nitrogens with zero attached hydrogens (tertiary/aromatic N) is 2. The van der Waals surface area contributed by atoms with Gasteiger partial charge in [0, 0.05) is 12.4 Å². The molecule has 0 N–H and O–H groups in total. The first-order valence-corrected chi connectivity index (χ1v) is 4.26. The molecule has 1 fully saturated rings. The van der Waals surface area contributed by atoms with Crippen molar-refractivity contribution in [2.45, 2.75) is 26.9 Å². The fourth-order valence-electron chi connectivity index (χ4n) is 0.766. The first-order valence-electron chi connectivity index (χ1n) is 4.26. The molecule has 3 heteroatoms. The summed E-state index contributed by atoms with van der Waals surface area (Å²) in [5.41, 5.74) is 1.09. The number of epoxide rings is 1. The predicted molar refractivity (Wildman–Crippen MR) is 46.8 cm³/mol. The fourth-order valence-corrected chi connectivity index (χ4v) is 0.766. The van der Waals surface area contributed by atoms with Gasteiger partial charge in [-0.05, 0) is 12.5 Å². The second-order valence-electron chi connectivity index (χ2n) is 2.44. The van der Waals surface area contributed by atoms with Crippen LogP contribution in [0, 0.1) is 6.92 Å². The lowest BCUT2D eigenvalue weighted by Gasteiger charge is -1.92. The zero-order valence-electron chi connectivity index (χ0n) is 7.74. The summed E-state index contributed by atoms with van der Waals surface area (Å²) in [6, 6.07) is 0. The number of hydrogen-bond donors (Lipinski definition) is 0. The SMILES string of the molecule is CC.Cc1cnc([C@@H]2CO2)nc1. The summed E-state index contributed by atoms with van der Waals surface area (Å²) >= 11 is 0. The molecule has 2 heterocycles. The van der Waals surface area contributed by atoms with Gasteiger partial charge in [0.05, 0.1) is 6.61 Å². The molecule has 0 amide bonds. The van der Waals surface area contributed by atoms with Gasteiger partial charge in [-0.15, -0.1) is 0 Å².